The van der Waals surface area contributed by atoms with Crippen molar-refractivity contribution in [3.8, 4) is 0 Å². The minimum absolute atomic E-state index is 0.124. The molecule has 0 saturated heterocycles. The van der Waals surface area contributed by atoms with Crippen LogP contribution in [0.4, 0.5) is 5.69 Å². The SMILES string of the molecule is O=C1Nc2ccccc2C(Cl)=NC1N1P=P1. The fourth-order valence-electron chi connectivity index (χ4n) is 1.48. The largest absolute Gasteiger partial charge is 0.322 e. The monoisotopic (exact) mass is 269 g/mol. The number of benzene rings is 1. The fraction of sp³-hybridized carbons (Fsp3) is 0.111. The standard InChI is InChI=1S/C9H6ClN3OP2/c10-7-5-3-1-2-4-6(5)11-9(14)8(12-7)13-15-16-13/h1-4,8H,(H,11,14). The number of benzodiazepines with no additional fused rings is 1. The Labute approximate surface area is 100 Å². The van der Waals surface area contributed by atoms with Crippen LogP contribution in [0.1, 0.15) is 5.56 Å². The third kappa shape index (κ3) is 1.79. The highest BCUT2D eigenvalue weighted by Crippen LogP contribution is 2.48. The van der Waals surface area contributed by atoms with Crippen molar-refractivity contribution >= 4 is 44.4 Å². The lowest BCUT2D eigenvalue weighted by Gasteiger charge is -2.09. The second kappa shape index (κ2) is 3.90. The van der Waals surface area contributed by atoms with Crippen LogP contribution in [0.25, 0.3) is 0 Å². The average Bonchev–Trinajstić information content (AvgIpc) is 3.09. The number of halogens is 1. The number of hydrogen-bond donors (Lipinski definition) is 1. The number of carbonyl (C=O) groups excluding carboxylic acids is 1. The molecule has 0 saturated carbocycles. The lowest BCUT2D eigenvalue weighted by molar-refractivity contribution is -0.118. The van der Waals surface area contributed by atoms with Crippen molar-refractivity contribution in [2.45, 2.75) is 6.17 Å². The highest BCUT2D eigenvalue weighted by atomic mass is 35.5. The van der Waals surface area contributed by atoms with Crippen LogP contribution in [0.3, 0.4) is 0 Å². The Balaban J connectivity index is 2.05. The molecule has 1 unspecified atom stereocenters. The van der Waals surface area contributed by atoms with Crippen molar-refractivity contribution in [1.82, 2.24) is 4.44 Å². The predicted molar refractivity (Wildman–Crippen MR) is 66.9 cm³/mol. The molecular formula is C9H6ClN3OP2. The Morgan fingerprint density at radius 2 is 2.12 bits per heavy atom. The second-order valence-corrected chi connectivity index (χ2v) is 6.29. The van der Waals surface area contributed by atoms with Gasteiger partial charge in [-0.2, -0.15) is 4.44 Å². The fourth-order valence-corrected chi connectivity index (χ4v) is 3.02. The van der Waals surface area contributed by atoms with Crippen molar-refractivity contribution in [1.29, 1.82) is 0 Å². The molecule has 1 atom stereocenters. The summed E-state index contributed by atoms with van der Waals surface area (Å²) < 4.78 is 1.91. The van der Waals surface area contributed by atoms with Crippen LogP contribution in [0.15, 0.2) is 29.3 Å². The van der Waals surface area contributed by atoms with E-state index < -0.39 is 6.17 Å². The first-order valence-electron chi connectivity index (χ1n) is 4.60. The van der Waals surface area contributed by atoms with Gasteiger partial charge in [0.1, 0.15) is 5.17 Å². The Bertz CT molecular complexity index is 525. The number of nitrogens with one attached hydrogen (secondary N) is 1. The summed E-state index contributed by atoms with van der Waals surface area (Å²) in [7, 11) is 2.20. The molecule has 1 N–H and O–H groups in total. The van der Waals surface area contributed by atoms with Gasteiger partial charge in [0, 0.05) is 21.6 Å². The molecule has 2 aliphatic heterocycles. The van der Waals surface area contributed by atoms with E-state index in [2.05, 4.69) is 10.3 Å². The van der Waals surface area contributed by atoms with Gasteiger partial charge in [-0.25, -0.2) is 4.99 Å². The molecule has 0 bridgehead atoms. The number of amides is 1. The number of para-hydroxylation sites is 1. The molecule has 1 aromatic rings. The van der Waals surface area contributed by atoms with Gasteiger partial charge in [-0.15, -0.1) is 0 Å². The van der Waals surface area contributed by atoms with Crippen LogP contribution in [0, 0.1) is 0 Å². The highest BCUT2D eigenvalue weighted by Gasteiger charge is 2.32. The molecular weight excluding hydrogens is 264 g/mol. The lowest BCUT2D eigenvalue weighted by Crippen LogP contribution is -2.30. The lowest BCUT2D eigenvalue weighted by atomic mass is 10.2. The summed E-state index contributed by atoms with van der Waals surface area (Å²) in [5.74, 6) is -0.124. The summed E-state index contributed by atoms with van der Waals surface area (Å²) in [4.78, 5) is 16.1. The first-order valence-corrected chi connectivity index (χ1v) is 7.38. The maximum atomic E-state index is 11.9. The van der Waals surface area contributed by atoms with Crippen LogP contribution >= 0.6 is 27.6 Å². The van der Waals surface area contributed by atoms with E-state index in [9.17, 15) is 4.79 Å². The molecule has 4 nitrogen and oxygen atoms in total. The number of anilines is 1. The molecule has 0 fully saturated rings. The highest BCUT2D eigenvalue weighted by molar-refractivity contribution is 7.97. The van der Waals surface area contributed by atoms with Crippen LogP contribution in [-0.4, -0.2) is 21.7 Å². The van der Waals surface area contributed by atoms with Gasteiger partial charge < -0.3 is 5.32 Å². The van der Waals surface area contributed by atoms with E-state index in [4.69, 9.17) is 11.6 Å². The molecule has 1 aromatic carbocycles. The molecule has 3 rings (SSSR count). The number of fused-ring (bicyclic) bond motifs is 1. The molecule has 1 amide bonds. The summed E-state index contributed by atoms with van der Waals surface area (Å²) in [5.41, 5.74) is 1.49. The quantitative estimate of drug-likeness (QED) is 0.797. The molecule has 16 heavy (non-hydrogen) atoms. The van der Waals surface area contributed by atoms with Gasteiger partial charge in [0.25, 0.3) is 5.91 Å². The van der Waals surface area contributed by atoms with Crippen molar-refractivity contribution in [3.05, 3.63) is 29.8 Å². The van der Waals surface area contributed by atoms with Gasteiger partial charge in [0.05, 0.1) is 5.69 Å². The van der Waals surface area contributed by atoms with Crippen molar-refractivity contribution in [3.63, 3.8) is 0 Å². The van der Waals surface area contributed by atoms with E-state index in [1.807, 2.05) is 28.7 Å². The number of hydrogen-bond acceptors (Lipinski definition) is 3. The Hall–Kier alpha value is -0.790. The zero-order chi connectivity index (χ0) is 11.1. The van der Waals surface area contributed by atoms with E-state index in [0.29, 0.717) is 5.17 Å². The maximum Gasteiger partial charge on any atom is 0.265 e. The van der Waals surface area contributed by atoms with Crippen LogP contribution in [-0.2, 0) is 4.79 Å². The van der Waals surface area contributed by atoms with Crippen molar-refractivity contribution in [2.75, 3.05) is 5.32 Å². The Morgan fingerprint density at radius 1 is 1.38 bits per heavy atom. The van der Waals surface area contributed by atoms with Gasteiger partial charge in [-0.3, -0.25) is 4.79 Å². The average molecular weight is 270 g/mol. The third-order valence-corrected chi connectivity index (χ3v) is 4.57. The zero-order valence-electron chi connectivity index (χ0n) is 7.96. The van der Waals surface area contributed by atoms with E-state index in [0.717, 1.165) is 27.3 Å². The molecule has 0 spiro atoms. The zero-order valence-corrected chi connectivity index (χ0v) is 10.5. The first-order chi connectivity index (χ1) is 7.75. The molecule has 2 heterocycles. The molecule has 7 heteroatoms. The normalized spacial score (nSPS) is 28.6. The molecule has 2 aliphatic rings. The van der Waals surface area contributed by atoms with Gasteiger partial charge in [-0.05, 0) is 12.1 Å². The summed E-state index contributed by atoms with van der Waals surface area (Å²) in [6.07, 6.45) is -0.497. The van der Waals surface area contributed by atoms with E-state index in [1.165, 1.54) is 0 Å². The Kier molecular flexibility index (Phi) is 2.53. The van der Waals surface area contributed by atoms with Crippen LogP contribution in [0.2, 0.25) is 0 Å². The summed E-state index contributed by atoms with van der Waals surface area (Å²) >= 11 is 6.11. The Morgan fingerprint density at radius 3 is 2.88 bits per heavy atom. The third-order valence-electron chi connectivity index (χ3n) is 2.29. The van der Waals surface area contributed by atoms with Crippen LogP contribution < -0.4 is 5.32 Å². The van der Waals surface area contributed by atoms with Gasteiger partial charge >= 0.3 is 0 Å². The summed E-state index contributed by atoms with van der Waals surface area (Å²) in [5, 5.41) is 3.22. The van der Waals surface area contributed by atoms with E-state index >= 15 is 0 Å². The molecule has 0 radical (unpaired) electrons. The predicted octanol–water partition coefficient (Wildman–Crippen LogP) is 2.90. The minimum Gasteiger partial charge on any atom is -0.322 e. The minimum atomic E-state index is -0.497. The number of nitrogens with zero attached hydrogens (tertiary/aromatic N) is 2. The second-order valence-electron chi connectivity index (χ2n) is 3.33. The topological polar surface area (TPSA) is 44.5 Å². The number of rotatable bonds is 1. The summed E-state index contributed by atoms with van der Waals surface area (Å²) in [6.45, 7) is 0. The van der Waals surface area contributed by atoms with Crippen molar-refractivity contribution < 1.29 is 4.79 Å². The molecule has 0 aromatic heterocycles. The van der Waals surface area contributed by atoms with Crippen molar-refractivity contribution in [2.24, 2.45) is 4.99 Å². The maximum absolute atomic E-state index is 11.9. The van der Waals surface area contributed by atoms with Gasteiger partial charge in [-0.1, -0.05) is 23.7 Å². The summed E-state index contributed by atoms with van der Waals surface area (Å²) in [6, 6.07) is 7.40. The smallest absolute Gasteiger partial charge is 0.265 e. The van der Waals surface area contributed by atoms with E-state index in [1.54, 1.807) is 0 Å². The first kappa shape index (κ1) is 10.4. The van der Waals surface area contributed by atoms with Crippen LogP contribution in [0.5, 0.6) is 0 Å². The van der Waals surface area contributed by atoms with E-state index in [-0.39, 0.29) is 5.91 Å². The van der Waals surface area contributed by atoms with Gasteiger partial charge in [0.2, 0.25) is 0 Å². The number of carbonyl (C=O) groups is 1. The van der Waals surface area contributed by atoms with Gasteiger partial charge in [0.15, 0.2) is 6.17 Å². The number of aliphatic imine (C=N–C) groups is 1. The molecule has 0 aliphatic carbocycles. The molecule has 80 valence electrons.